The number of hydrogen-bond acceptors (Lipinski definition) is 4. The van der Waals surface area contributed by atoms with Crippen LogP contribution >= 0.6 is 0 Å². The van der Waals surface area contributed by atoms with Crippen molar-refractivity contribution < 1.29 is 14.3 Å². The summed E-state index contributed by atoms with van der Waals surface area (Å²) in [5.41, 5.74) is 3.34. The van der Waals surface area contributed by atoms with Gasteiger partial charge in [-0.2, -0.15) is 0 Å². The van der Waals surface area contributed by atoms with Crippen molar-refractivity contribution in [3.8, 4) is 5.75 Å². The molecule has 0 spiro atoms. The topological polar surface area (TPSA) is 58.6 Å². The molecule has 5 heteroatoms. The second-order valence-corrected chi connectivity index (χ2v) is 18.1. The Hall–Kier alpha value is -2.14. The van der Waals surface area contributed by atoms with Crippen LogP contribution < -0.4 is 10.1 Å². The van der Waals surface area contributed by atoms with E-state index in [0.29, 0.717) is 53.6 Å². The summed E-state index contributed by atoms with van der Waals surface area (Å²) in [7, 11) is 4.18. The summed E-state index contributed by atoms with van der Waals surface area (Å²) >= 11 is 0. The van der Waals surface area contributed by atoms with E-state index in [4.69, 9.17) is 4.74 Å². The van der Waals surface area contributed by atoms with Crippen LogP contribution in [0.2, 0.25) is 0 Å². The minimum absolute atomic E-state index is 0.0552. The van der Waals surface area contributed by atoms with Gasteiger partial charge in [-0.25, -0.2) is 0 Å². The highest BCUT2D eigenvalue weighted by atomic mass is 16.5. The summed E-state index contributed by atoms with van der Waals surface area (Å²) in [6.07, 6.45) is 13.3. The third kappa shape index (κ3) is 4.86. The van der Waals surface area contributed by atoms with Crippen LogP contribution in [0.15, 0.2) is 30.3 Å². The lowest BCUT2D eigenvalue weighted by Crippen LogP contribution is -2.66. The standard InChI is InChI=1S/C41H62N2O3/c1-27(2)30-16-21-41(36(45)42-24-25-43(8)9)23-22-39(6)32(35(30)41)14-15-34-38(5)19-17-31(28-10-12-29(13-11-28)46-26-44)37(3,4)33(38)18-20-40(34,39)7/h10-13,17,26-27,30,32-35H,14-16,18-25H2,1-9H3,(H,42,45)/t30-,32+,33-,34+,35+,38-,39+,40+,41-/m0/s1. The third-order valence-corrected chi connectivity index (χ3v) is 15.6. The molecule has 0 aliphatic heterocycles. The van der Waals surface area contributed by atoms with E-state index in [0.717, 1.165) is 32.4 Å². The Kier molecular flexibility index (Phi) is 8.64. The first kappa shape index (κ1) is 33.7. The SMILES string of the molecule is CC(C)[C@@H]1CC[C@]2(C(=O)NCCN(C)C)CC[C@]3(C)[C@H](CC[C@@H]4[C@@]5(C)CC=C(c6ccc(OC=O)cc6)C(C)(C)[C@@H]5CC[C@]43C)[C@@H]12. The Morgan fingerprint density at radius 1 is 0.935 bits per heavy atom. The van der Waals surface area contributed by atoms with Crippen LogP contribution in [-0.2, 0) is 9.59 Å². The summed E-state index contributed by atoms with van der Waals surface area (Å²) in [6.45, 7) is 20.0. The zero-order chi connectivity index (χ0) is 33.3. The molecule has 5 aliphatic rings. The summed E-state index contributed by atoms with van der Waals surface area (Å²) < 4.78 is 5.09. The highest BCUT2D eigenvalue weighted by molar-refractivity contribution is 5.83. The van der Waals surface area contributed by atoms with Gasteiger partial charge in [-0.3, -0.25) is 9.59 Å². The number of nitrogens with zero attached hydrogens (tertiary/aromatic N) is 1. The molecule has 5 aliphatic carbocycles. The van der Waals surface area contributed by atoms with Gasteiger partial charge in [0.25, 0.3) is 6.47 Å². The van der Waals surface area contributed by atoms with E-state index < -0.39 is 0 Å². The van der Waals surface area contributed by atoms with Crippen molar-refractivity contribution >= 4 is 18.0 Å². The first-order valence-corrected chi connectivity index (χ1v) is 18.5. The Morgan fingerprint density at radius 3 is 2.30 bits per heavy atom. The van der Waals surface area contributed by atoms with Gasteiger partial charge in [0.15, 0.2) is 0 Å². The maximum Gasteiger partial charge on any atom is 0.298 e. The molecule has 0 unspecified atom stereocenters. The van der Waals surface area contributed by atoms with Gasteiger partial charge in [0.1, 0.15) is 5.75 Å². The Labute approximate surface area is 279 Å². The summed E-state index contributed by atoms with van der Waals surface area (Å²) in [5, 5.41) is 3.45. The van der Waals surface area contributed by atoms with Gasteiger partial charge in [0, 0.05) is 13.1 Å². The first-order valence-electron chi connectivity index (χ1n) is 18.5. The van der Waals surface area contributed by atoms with E-state index in [1.54, 1.807) is 0 Å². The molecule has 9 atom stereocenters. The number of hydrogen-bond donors (Lipinski definition) is 1. The summed E-state index contributed by atoms with van der Waals surface area (Å²) in [5.74, 6) is 4.63. The number of amides is 1. The molecule has 1 aromatic rings. The van der Waals surface area contributed by atoms with Gasteiger partial charge in [-0.05, 0) is 152 Å². The smallest absolute Gasteiger partial charge is 0.298 e. The molecule has 4 saturated carbocycles. The number of carbonyl (C=O) groups excluding carboxylic acids is 2. The van der Waals surface area contributed by atoms with E-state index in [2.05, 4.69) is 91.0 Å². The molecule has 0 radical (unpaired) electrons. The molecule has 4 fully saturated rings. The molecule has 46 heavy (non-hydrogen) atoms. The number of nitrogens with one attached hydrogen (secondary N) is 1. The number of carbonyl (C=O) groups is 2. The van der Waals surface area contributed by atoms with Gasteiger partial charge in [-0.15, -0.1) is 0 Å². The van der Waals surface area contributed by atoms with Crippen LogP contribution in [0.5, 0.6) is 5.75 Å². The van der Waals surface area contributed by atoms with Gasteiger partial charge < -0.3 is 15.0 Å². The maximum atomic E-state index is 14.2. The predicted molar refractivity (Wildman–Crippen MR) is 187 cm³/mol. The van der Waals surface area contributed by atoms with Crippen LogP contribution in [0, 0.1) is 62.6 Å². The highest BCUT2D eigenvalue weighted by Crippen LogP contribution is 2.77. The fraction of sp³-hybridized carbons (Fsp3) is 0.756. The van der Waals surface area contributed by atoms with Crippen LogP contribution in [-0.4, -0.2) is 44.5 Å². The van der Waals surface area contributed by atoms with Crippen LogP contribution in [0.3, 0.4) is 0 Å². The van der Waals surface area contributed by atoms with Gasteiger partial charge in [-0.1, -0.05) is 66.7 Å². The largest absolute Gasteiger partial charge is 0.429 e. The fourth-order valence-electron chi connectivity index (χ4n) is 13.2. The lowest BCUT2D eigenvalue weighted by molar-refractivity contribution is -0.227. The zero-order valence-corrected chi connectivity index (χ0v) is 30.4. The average Bonchev–Trinajstić information content (AvgIpc) is 3.39. The van der Waals surface area contributed by atoms with Crippen LogP contribution in [0.4, 0.5) is 0 Å². The van der Waals surface area contributed by atoms with E-state index in [9.17, 15) is 9.59 Å². The predicted octanol–water partition coefficient (Wildman–Crippen LogP) is 8.63. The number of ether oxygens (including phenoxy) is 1. The van der Waals surface area contributed by atoms with E-state index in [1.807, 2.05) is 12.1 Å². The second-order valence-electron chi connectivity index (χ2n) is 18.1. The minimum atomic E-state index is -0.188. The Bertz CT molecular complexity index is 1350. The van der Waals surface area contributed by atoms with Crippen molar-refractivity contribution in [1.82, 2.24) is 10.2 Å². The molecular weight excluding hydrogens is 568 g/mol. The lowest BCUT2D eigenvalue weighted by Gasteiger charge is -2.72. The average molecular weight is 631 g/mol. The molecule has 1 amide bonds. The van der Waals surface area contributed by atoms with Crippen molar-refractivity contribution in [3.05, 3.63) is 35.9 Å². The quantitative estimate of drug-likeness (QED) is 0.292. The zero-order valence-electron chi connectivity index (χ0n) is 30.4. The molecular formula is C41H62N2O3. The molecule has 5 nitrogen and oxygen atoms in total. The molecule has 0 saturated heterocycles. The van der Waals surface area contributed by atoms with Crippen molar-refractivity contribution in [1.29, 1.82) is 0 Å². The molecule has 254 valence electrons. The normalized spacial score (nSPS) is 41.1. The third-order valence-electron chi connectivity index (χ3n) is 15.6. The molecule has 0 bridgehead atoms. The van der Waals surface area contributed by atoms with Crippen molar-refractivity contribution in [2.75, 3.05) is 27.2 Å². The first-order chi connectivity index (χ1) is 21.7. The molecule has 0 heterocycles. The van der Waals surface area contributed by atoms with Crippen LogP contribution in [0.1, 0.15) is 112 Å². The monoisotopic (exact) mass is 630 g/mol. The fourth-order valence-corrected chi connectivity index (χ4v) is 13.2. The Morgan fingerprint density at radius 2 is 1.65 bits per heavy atom. The van der Waals surface area contributed by atoms with E-state index >= 15 is 0 Å². The van der Waals surface area contributed by atoms with Crippen LogP contribution in [0.25, 0.3) is 5.57 Å². The maximum absolute atomic E-state index is 14.2. The minimum Gasteiger partial charge on any atom is -0.429 e. The van der Waals surface area contributed by atoms with Crippen molar-refractivity contribution in [2.45, 2.75) is 106 Å². The molecule has 0 aromatic heterocycles. The second kappa shape index (κ2) is 11.8. The van der Waals surface area contributed by atoms with Crippen molar-refractivity contribution in [3.63, 3.8) is 0 Å². The summed E-state index contributed by atoms with van der Waals surface area (Å²) in [4.78, 5) is 27.3. The number of likely N-dealkylation sites (N-methyl/N-ethyl adjacent to an activating group) is 1. The Balaban J connectivity index is 1.32. The number of allylic oxidation sites excluding steroid dienone is 2. The molecule has 1 N–H and O–H groups in total. The van der Waals surface area contributed by atoms with Gasteiger partial charge in [0.05, 0.1) is 5.41 Å². The number of benzene rings is 1. The van der Waals surface area contributed by atoms with E-state index in [1.165, 1.54) is 49.7 Å². The van der Waals surface area contributed by atoms with Gasteiger partial charge in [0.2, 0.25) is 5.91 Å². The van der Waals surface area contributed by atoms with E-state index in [-0.39, 0.29) is 27.1 Å². The molecule has 6 rings (SSSR count). The van der Waals surface area contributed by atoms with Crippen molar-refractivity contribution in [2.24, 2.45) is 62.6 Å². The lowest BCUT2D eigenvalue weighted by atomic mass is 9.32. The highest BCUT2D eigenvalue weighted by Gasteiger charge is 2.71. The molecule has 1 aromatic carbocycles. The number of fused-ring (bicyclic) bond motifs is 7. The van der Waals surface area contributed by atoms with Gasteiger partial charge >= 0.3 is 0 Å². The number of rotatable bonds is 8. The summed E-state index contributed by atoms with van der Waals surface area (Å²) in [6, 6.07) is 8.11.